The normalized spacial score (nSPS) is 19.9. The molecule has 4 N–H and O–H groups in total. The molecule has 4 nitrogen and oxygen atoms in total. The predicted octanol–water partition coefficient (Wildman–Crippen LogP) is 1.98. The summed E-state index contributed by atoms with van der Waals surface area (Å²) in [5, 5.41) is 5.26. The fourth-order valence-electron chi connectivity index (χ4n) is 2.02. The Bertz CT molecular complexity index is 488. The summed E-state index contributed by atoms with van der Waals surface area (Å²) in [5.74, 6) is -0.281. The molecule has 1 heterocycles. The van der Waals surface area contributed by atoms with E-state index in [1.54, 1.807) is 0 Å². The molecule has 0 aromatic heterocycles. The van der Waals surface area contributed by atoms with Crippen LogP contribution >= 0.6 is 0 Å². The van der Waals surface area contributed by atoms with Crippen LogP contribution in [0.5, 0.6) is 0 Å². The number of carbonyl (C=O) groups is 1. The molecule has 2 rings (SSSR count). The van der Waals surface area contributed by atoms with Crippen molar-refractivity contribution in [3.63, 3.8) is 0 Å². The molecule has 1 aromatic carbocycles. The maximum absolute atomic E-state index is 12.9. The third-order valence-electron chi connectivity index (χ3n) is 2.96. The van der Waals surface area contributed by atoms with Crippen molar-refractivity contribution < 1.29 is 18.0 Å². The fourth-order valence-corrected chi connectivity index (χ4v) is 2.02. The zero-order chi connectivity index (χ0) is 14.0. The largest absolute Gasteiger partial charge is 0.418 e. The van der Waals surface area contributed by atoms with Gasteiger partial charge in [0.05, 0.1) is 5.56 Å². The van der Waals surface area contributed by atoms with Crippen LogP contribution in [0, 0.1) is 0 Å². The Labute approximate surface area is 108 Å². The van der Waals surface area contributed by atoms with Crippen molar-refractivity contribution in [2.24, 2.45) is 0 Å². The Hall–Kier alpha value is -1.92. The molecule has 1 fully saturated rings. The lowest BCUT2D eigenvalue weighted by atomic mass is 10.0. The summed E-state index contributed by atoms with van der Waals surface area (Å²) >= 11 is 0. The number of rotatable bonds is 2. The molecule has 0 saturated carbocycles. The molecule has 0 bridgehead atoms. The maximum atomic E-state index is 12.9. The number of alkyl halides is 3. The van der Waals surface area contributed by atoms with E-state index in [2.05, 4.69) is 10.6 Å². The van der Waals surface area contributed by atoms with Crippen LogP contribution in [0.3, 0.4) is 0 Å². The number of benzene rings is 1. The van der Waals surface area contributed by atoms with E-state index in [-0.39, 0.29) is 17.3 Å². The summed E-state index contributed by atoms with van der Waals surface area (Å²) in [4.78, 5) is 11.5. The highest BCUT2D eigenvalue weighted by atomic mass is 19.4. The molecule has 1 aliphatic heterocycles. The molecule has 1 aromatic rings. The molecule has 1 amide bonds. The Balaban J connectivity index is 2.27. The average molecular weight is 273 g/mol. The van der Waals surface area contributed by atoms with Gasteiger partial charge in [-0.2, -0.15) is 13.2 Å². The van der Waals surface area contributed by atoms with Crippen LogP contribution in [0.25, 0.3) is 0 Å². The molecule has 0 radical (unpaired) electrons. The predicted molar refractivity (Wildman–Crippen MR) is 65.5 cm³/mol. The van der Waals surface area contributed by atoms with Gasteiger partial charge in [0, 0.05) is 17.9 Å². The summed E-state index contributed by atoms with van der Waals surface area (Å²) in [6.45, 7) is 0.560. The number of carbonyl (C=O) groups excluding carboxylic acids is 1. The van der Waals surface area contributed by atoms with E-state index >= 15 is 0 Å². The third-order valence-corrected chi connectivity index (χ3v) is 2.96. The van der Waals surface area contributed by atoms with Crippen LogP contribution in [0.4, 0.5) is 24.5 Å². The van der Waals surface area contributed by atoms with E-state index < -0.39 is 17.8 Å². The number of hydrogen-bond acceptors (Lipinski definition) is 3. The summed E-state index contributed by atoms with van der Waals surface area (Å²) in [5.41, 5.74) is 4.43. The standard InChI is InChI=1S/C12H14F3N3O/c13-12(14,15)8-6-7(16)3-4-9(8)18-10-2-1-5-17-11(10)19/h3-4,6,10,18H,1-2,5,16H2,(H,17,19). The smallest absolute Gasteiger partial charge is 0.399 e. The second kappa shape index (κ2) is 4.99. The summed E-state index contributed by atoms with van der Waals surface area (Å²) in [6.07, 6.45) is -3.27. The van der Waals surface area contributed by atoms with Crippen LogP contribution in [0.2, 0.25) is 0 Å². The van der Waals surface area contributed by atoms with E-state index in [0.29, 0.717) is 13.0 Å². The molecule has 1 aliphatic rings. The number of amides is 1. The fraction of sp³-hybridized carbons (Fsp3) is 0.417. The first-order chi connectivity index (χ1) is 8.88. The molecular weight excluding hydrogens is 259 g/mol. The summed E-state index contributed by atoms with van der Waals surface area (Å²) < 4.78 is 38.7. The van der Waals surface area contributed by atoms with Gasteiger partial charge in [-0.25, -0.2) is 0 Å². The van der Waals surface area contributed by atoms with Gasteiger partial charge in [-0.05, 0) is 31.0 Å². The molecule has 19 heavy (non-hydrogen) atoms. The van der Waals surface area contributed by atoms with Crippen molar-refractivity contribution >= 4 is 17.3 Å². The second-order valence-corrected chi connectivity index (χ2v) is 4.43. The Morgan fingerprint density at radius 2 is 2.11 bits per heavy atom. The van der Waals surface area contributed by atoms with E-state index in [1.165, 1.54) is 12.1 Å². The van der Waals surface area contributed by atoms with Crippen LogP contribution in [0.15, 0.2) is 18.2 Å². The van der Waals surface area contributed by atoms with Crippen molar-refractivity contribution in [1.29, 1.82) is 0 Å². The van der Waals surface area contributed by atoms with Crippen LogP contribution < -0.4 is 16.4 Å². The van der Waals surface area contributed by atoms with Gasteiger partial charge in [-0.1, -0.05) is 0 Å². The molecule has 0 spiro atoms. The minimum Gasteiger partial charge on any atom is -0.399 e. The topological polar surface area (TPSA) is 67.2 Å². The van der Waals surface area contributed by atoms with Gasteiger partial charge in [0.15, 0.2) is 0 Å². The lowest BCUT2D eigenvalue weighted by Crippen LogP contribution is -2.44. The molecule has 7 heteroatoms. The van der Waals surface area contributed by atoms with Crippen molar-refractivity contribution in [3.05, 3.63) is 23.8 Å². The van der Waals surface area contributed by atoms with Crippen LogP contribution in [-0.2, 0) is 11.0 Å². The molecule has 1 saturated heterocycles. The van der Waals surface area contributed by atoms with Crippen molar-refractivity contribution in [3.8, 4) is 0 Å². The third kappa shape index (κ3) is 3.10. The first-order valence-corrected chi connectivity index (χ1v) is 5.89. The van der Waals surface area contributed by atoms with E-state index in [0.717, 1.165) is 12.5 Å². The zero-order valence-corrected chi connectivity index (χ0v) is 10.1. The summed E-state index contributed by atoms with van der Waals surface area (Å²) in [6, 6.07) is 2.85. The highest BCUT2D eigenvalue weighted by Crippen LogP contribution is 2.36. The number of hydrogen-bond donors (Lipinski definition) is 3. The number of halogens is 3. The van der Waals surface area contributed by atoms with Crippen LogP contribution in [0.1, 0.15) is 18.4 Å². The van der Waals surface area contributed by atoms with Crippen molar-refractivity contribution in [1.82, 2.24) is 5.32 Å². The molecular formula is C12H14F3N3O. The van der Waals surface area contributed by atoms with Gasteiger partial charge in [0.25, 0.3) is 0 Å². The van der Waals surface area contributed by atoms with Crippen molar-refractivity contribution in [2.75, 3.05) is 17.6 Å². The van der Waals surface area contributed by atoms with Gasteiger partial charge in [0.2, 0.25) is 5.91 Å². The molecule has 0 aliphatic carbocycles. The van der Waals surface area contributed by atoms with Crippen molar-refractivity contribution in [2.45, 2.75) is 25.1 Å². The van der Waals surface area contributed by atoms with Gasteiger partial charge in [-0.3, -0.25) is 4.79 Å². The van der Waals surface area contributed by atoms with Gasteiger partial charge in [-0.15, -0.1) is 0 Å². The average Bonchev–Trinajstić information content (AvgIpc) is 2.33. The van der Waals surface area contributed by atoms with Crippen LogP contribution in [-0.4, -0.2) is 18.5 Å². The highest BCUT2D eigenvalue weighted by Gasteiger charge is 2.35. The van der Waals surface area contributed by atoms with Gasteiger partial charge < -0.3 is 16.4 Å². The highest BCUT2D eigenvalue weighted by molar-refractivity contribution is 5.85. The minimum atomic E-state index is -4.51. The lowest BCUT2D eigenvalue weighted by Gasteiger charge is -2.25. The second-order valence-electron chi connectivity index (χ2n) is 4.43. The zero-order valence-electron chi connectivity index (χ0n) is 10.1. The molecule has 1 atom stereocenters. The number of piperidine rings is 1. The Morgan fingerprint density at radius 3 is 2.74 bits per heavy atom. The molecule has 104 valence electrons. The maximum Gasteiger partial charge on any atom is 0.418 e. The first-order valence-electron chi connectivity index (χ1n) is 5.89. The van der Waals surface area contributed by atoms with Gasteiger partial charge >= 0.3 is 6.18 Å². The quantitative estimate of drug-likeness (QED) is 0.722. The van der Waals surface area contributed by atoms with Gasteiger partial charge in [0.1, 0.15) is 6.04 Å². The number of nitrogens with one attached hydrogen (secondary N) is 2. The van der Waals surface area contributed by atoms with E-state index in [1.807, 2.05) is 0 Å². The SMILES string of the molecule is Nc1ccc(NC2CCCNC2=O)c(C(F)(F)F)c1. The number of nitrogen functional groups attached to an aromatic ring is 1. The van der Waals surface area contributed by atoms with E-state index in [9.17, 15) is 18.0 Å². The minimum absolute atomic E-state index is 0.0333. The molecule has 1 unspecified atom stereocenters. The monoisotopic (exact) mass is 273 g/mol. The first kappa shape index (κ1) is 13.5. The Morgan fingerprint density at radius 1 is 1.37 bits per heavy atom. The number of anilines is 2. The lowest BCUT2D eigenvalue weighted by molar-refractivity contribution is -0.137. The number of nitrogens with two attached hydrogens (primary N) is 1. The summed E-state index contributed by atoms with van der Waals surface area (Å²) in [7, 11) is 0. The van der Waals surface area contributed by atoms with E-state index in [4.69, 9.17) is 5.73 Å². The Kier molecular flexibility index (Phi) is 3.55.